The van der Waals surface area contributed by atoms with E-state index in [2.05, 4.69) is 35.5 Å². The number of nitrogens with zero attached hydrogens (tertiary/aromatic N) is 1. The van der Waals surface area contributed by atoms with Crippen LogP contribution < -0.4 is 5.56 Å². The number of benzene rings is 1. The van der Waals surface area contributed by atoms with Crippen LogP contribution in [0.5, 0.6) is 0 Å². The van der Waals surface area contributed by atoms with Crippen molar-refractivity contribution >= 4 is 33.3 Å². The molecule has 0 atom stereocenters. The Labute approximate surface area is 162 Å². The minimum Gasteiger partial charge on any atom is -0.301 e. The van der Waals surface area contributed by atoms with Gasteiger partial charge in [-0.15, -0.1) is 11.3 Å². The van der Waals surface area contributed by atoms with Crippen LogP contribution >= 0.6 is 23.1 Å². The normalized spacial score (nSPS) is 13.9. The molecule has 1 N–H and O–H groups in total. The number of aromatic nitrogens is 2. The first-order chi connectivity index (χ1) is 12.8. The quantitative estimate of drug-likeness (QED) is 0.331. The number of thiophene rings is 1. The van der Waals surface area contributed by atoms with Gasteiger partial charge in [-0.05, 0) is 48.8 Å². The summed E-state index contributed by atoms with van der Waals surface area (Å²) in [6.07, 6.45) is 8.48. The van der Waals surface area contributed by atoms with E-state index in [1.807, 2.05) is 0 Å². The van der Waals surface area contributed by atoms with Crippen LogP contribution in [0, 0.1) is 0 Å². The molecule has 0 saturated heterocycles. The van der Waals surface area contributed by atoms with Crippen LogP contribution in [0.4, 0.5) is 0 Å². The van der Waals surface area contributed by atoms with Crippen LogP contribution in [0.1, 0.15) is 50.2 Å². The van der Waals surface area contributed by atoms with Crippen molar-refractivity contribution in [1.82, 2.24) is 9.97 Å². The number of unbranched alkanes of at least 4 members (excludes halogenated alkanes) is 2. The topological polar surface area (TPSA) is 45.8 Å². The summed E-state index contributed by atoms with van der Waals surface area (Å²) >= 11 is 3.23. The van der Waals surface area contributed by atoms with E-state index in [0.29, 0.717) is 0 Å². The number of hydrogen-bond acceptors (Lipinski definition) is 4. The molecule has 1 aromatic carbocycles. The molecule has 26 heavy (non-hydrogen) atoms. The van der Waals surface area contributed by atoms with Gasteiger partial charge in [0, 0.05) is 16.7 Å². The van der Waals surface area contributed by atoms with E-state index in [1.165, 1.54) is 43.2 Å². The third-order valence-corrected chi connectivity index (χ3v) is 6.90. The lowest BCUT2D eigenvalue weighted by atomic mass is 9.89. The van der Waals surface area contributed by atoms with E-state index in [-0.39, 0.29) is 5.56 Å². The number of H-pyrrole nitrogens is 1. The van der Waals surface area contributed by atoms with Gasteiger partial charge >= 0.3 is 0 Å². The lowest BCUT2D eigenvalue weighted by molar-refractivity contribution is 0.686. The fourth-order valence-corrected chi connectivity index (χ4v) is 5.50. The molecule has 1 aliphatic rings. The molecule has 5 heteroatoms. The monoisotopic (exact) mass is 384 g/mol. The minimum atomic E-state index is -0.0121. The highest BCUT2D eigenvalue weighted by molar-refractivity contribution is 7.99. The Kier molecular flexibility index (Phi) is 5.46. The highest BCUT2D eigenvalue weighted by atomic mass is 32.2. The molecule has 0 fully saturated rings. The van der Waals surface area contributed by atoms with Gasteiger partial charge in [-0.2, -0.15) is 0 Å². The first-order valence-corrected chi connectivity index (χ1v) is 11.4. The maximum absolute atomic E-state index is 12.7. The molecule has 0 unspecified atom stereocenters. The first kappa shape index (κ1) is 17.8. The molecule has 4 rings (SSSR count). The zero-order valence-corrected chi connectivity index (χ0v) is 16.8. The summed E-state index contributed by atoms with van der Waals surface area (Å²) in [7, 11) is 0. The Bertz CT molecular complexity index is 974. The number of aromatic amines is 1. The lowest BCUT2D eigenvalue weighted by Gasteiger charge is -2.16. The maximum atomic E-state index is 12.7. The maximum Gasteiger partial charge on any atom is 0.260 e. The fraction of sp³-hybridized carbons (Fsp3) is 0.429. The molecule has 0 amide bonds. The van der Waals surface area contributed by atoms with Gasteiger partial charge in [-0.3, -0.25) is 4.79 Å². The van der Waals surface area contributed by atoms with Gasteiger partial charge in [0.15, 0.2) is 5.16 Å². The van der Waals surface area contributed by atoms with E-state index in [0.717, 1.165) is 45.1 Å². The molecule has 2 heterocycles. The Balaban J connectivity index is 1.66. The molecule has 0 aliphatic heterocycles. The summed E-state index contributed by atoms with van der Waals surface area (Å²) in [5.41, 5.74) is 5.07. The van der Waals surface area contributed by atoms with Gasteiger partial charge in [0.25, 0.3) is 5.56 Å². The Morgan fingerprint density at radius 1 is 1.19 bits per heavy atom. The number of rotatable bonds is 6. The van der Waals surface area contributed by atoms with E-state index in [9.17, 15) is 4.79 Å². The second kappa shape index (κ2) is 7.97. The highest BCUT2D eigenvalue weighted by Crippen LogP contribution is 2.34. The SMILES string of the molecule is CCCCCSc1nc2scc(-c3ccc4c(c3)CCCC4)c2c(=O)[nH]1. The highest BCUT2D eigenvalue weighted by Gasteiger charge is 2.15. The molecule has 0 radical (unpaired) electrons. The molecule has 0 saturated carbocycles. The lowest BCUT2D eigenvalue weighted by Crippen LogP contribution is -2.09. The van der Waals surface area contributed by atoms with Crippen molar-refractivity contribution in [2.75, 3.05) is 5.75 Å². The number of thioether (sulfide) groups is 1. The van der Waals surface area contributed by atoms with Gasteiger partial charge in [0.05, 0.1) is 5.39 Å². The van der Waals surface area contributed by atoms with Crippen molar-refractivity contribution < 1.29 is 0 Å². The Morgan fingerprint density at radius 3 is 2.88 bits per heavy atom. The third kappa shape index (κ3) is 3.60. The molecular formula is C21H24N2OS2. The van der Waals surface area contributed by atoms with E-state index >= 15 is 0 Å². The Morgan fingerprint density at radius 2 is 2.04 bits per heavy atom. The Hall–Kier alpha value is -1.59. The standard InChI is InChI=1S/C21H24N2OS2/c1-2-3-6-11-25-21-22-19(24)18-17(13-26-20(18)23-21)16-10-9-14-7-4-5-8-15(14)12-16/h9-10,12-13H,2-8,11H2,1H3,(H,22,23,24). The largest absolute Gasteiger partial charge is 0.301 e. The van der Waals surface area contributed by atoms with Crippen LogP contribution in [0.15, 0.2) is 33.5 Å². The van der Waals surface area contributed by atoms with Crippen molar-refractivity contribution in [2.24, 2.45) is 0 Å². The molecule has 1 aliphatic carbocycles. The average Bonchev–Trinajstić information content (AvgIpc) is 3.09. The average molecular weight is 385 g/mol. The predicted molar refractivity (Wildman–Crippen MR) is 113 cm³/mol. The summed E-state index contributed by atoms with van der Waals surface area (Å²) in [4.78, 5) is 21.3. The summed E-state index contributed by atoms with van der Waals surface area (Å²) in [5, 5.41) is 3.57. The first-order valence-electron chi connectivity index (χ1n) is 9.52. The number of fused-ring (bicyclic) bond motifs is 2. The second-order valence-corrected chi connectivity index (χ2v) is 8.89. The number of nitrogens with one attached hydrogen (secondary N) is 1. The number of hydrogen-bond donors (Lipinski definition) is 1. The van der Waals surface area contributed by atoms with Crippen LogP contribution in [0.2, 0.25) is 0 Å². The third-order valence-electron chi connectivity index (χ3n) is 5.07. The smallest absolute Gasteiger partial charge is 0.260 e. The van der Waals surface area contributed by atoms with E-state index < -0.39 is 0 Å². The van der Waals surface area contributed by atoms with Crippen LogP contribution in [-0.4, -0.2) is 15.7 Å². The van der Waals surface area contributed by atoms with E-state index in [4.69, 9.17) is 4.98 Å². The molecule has 136 valence electrons. The van der Waals surface area contributed by atoms with Crippen molar-refractivity contribution in [3.63, 3.8) is 0 Å². The summed E-state index contributed by atoms with van der Waals surface area (Å²) in [6.45, 7) is 2.20. The van der Waals surface area contributed by atoms with Gasteiger partial charge in [0.1, 0.15) is 4.83 Å². The van der Waals surface area contributed by atoms with Crippen LogP contribution in [0.25, 0.3) is 21.3 Å². The number of aryl methyl sites for hydroxylation is 2. The van der Waals surface area contributed by atoms with Gasteiger partial charge in [-0.1, -0.05) is 49.7 Å². The van der Waals surface area contributed by atoms with Gasteiger partial charge < -0.3 is 4.98 Å². The molecule has 3 aromatic rings. The van der Waals surface area contributed by atoms with Crippen molar-refractivity contribution in [1.29, 1.82) is 0 Å². The zero-order chi connectivity index (χ0) is 17.9. The second-order valence-electron chi connectivity index (χ2n) is 6.95. The fourth-order valence-electron chi connectivity index (χ4n) is 3.63. The molecule has 0 spiro atoms. The van der Waals surface area contributed by atoms with Crippen LogP contribution in [0.3, 0.4) is 0 Å². The van der Waals surface area contributed by atoms with Crippen molar-refractivity contribution in [3.05, 3.63) is 45.1 Å². The van der Waals surface area contributed by atoms with Crippen LogP contribution in [-0.2, 0) is 12.8 Å². The van der Waals surface area contributed by atoms with Gasteiger partial charge in [0.2, 0.25) is 0 Å². The molecule has 2 aromatic heterocycles. The minimum absolute atomic E-state index is 0.0121. The summed E-state index contributed by atoms with van der Waals surface area (Å²) in [6, 6.07) is 6.69. The molecular weight excluding hydrogens is 360 g/mol. The van der Waals surface area contributed by atoms with Crippen molar-refractivity contribution in [2.45, 2.75) is 57.0 Å². The molecule has 3 nitrogen and oxygen atoms in total. The predicted octanol–water partition coefficient (Wildman–Crippen LogP) is 5.81. The summed E-state index contributed by atoms with van der Waals surface area (Å²) in [5.74, 6) is 1.01. The van der Waals surface area contributed by atoms with E-state index in [1.54, 1.807) is 23.1 Å². The van der Waals surface area contributed by atoms with Crippen molar-refractivity contribution in [3.8, 4) is 11.1 Å². The van der Waals surface area contributed by atoms with Gasteiger partial charge in [-0.25, -0.2) is 4.98 Å². The molecule has 0 bridgehead atoms. The summed E-state index contributed by atoms with van der Waals surface area (Å²) < 4.78 is 0. The zero-order valence-electron chi connectivity index (χ0n) is 15.1.